The van der Waals surface area contributed by atoms with Gasteiger partial charge in [0.25, 0.3) is 0 Å². The van der Waals surface area contributed by atoms with Crippen LogP contribution >= 0.6 is 0 Å². The molecule has 1 saturated heterocycles. The average Bonchev–Trinajstić information content (AvgIpc) is 2.65. The zero-order chi connectivity index (χ0) is 17.9. The summed E-state index contributed by atoms with van der Waals surface area (Å²) in [6.45, 7) is 5.16. The smallest absolute Gasteiger partial charge is 0.321 e. The van der Waals surface area contributed by atoms with Gasteiger partial charge in [0.05, 0.1) is 11.5 Å². The molecule has 1 aliphatic heterocycles. The Bertz CT molecular complexity index is 779. The molecule has 2 amide bonds. The summed E-state index contributed by atoms with van der Waals surface area (Å²) in [5.74, 6) is 0. The van der Waals surface area contributed by atoms with Crippen molar-refractivity contribution < 1.29 is 4.79 Å². The Balaban J connectivity index is 1.70. The van der Waals surface area contributed by atoms with E-state index in [-0.39, 0.29) is 6.03 Å². The topological polar surface area (TPSA) is 56.1 Å². The van der Waals surface area contributed by atoms with Crippen molar-refractivity contribution >= 4 is 11.7 Å². The number of para-hydroxylation sites is 1. The first-order valence-electron chi connectivity index (χ1n) is 8.65. The van der Waals surface area contributed by atoms with Crippen LogP contribution < -0.4 is 5.32 Å². The molecule has 4 nitrogen and oxygen atoms in total. The fraction of sp³-hybridized carbons (Fsp3) is 0.333. The molecule has 4 heteroatoms. The lowest BCUT2D eigenvalue weighted by atomic mass is 9.74. The Morgan fingerprint density at radius 3 is 2.20 bits per heavy atom. The minimum absolute atomic E-state index is 0.0861. The van der Waals surface area contributed by atoms with Gasteiger partial charge in [0.1, 0.15) is 0 Å². The number of nitrogens with one attached hydrogen (secondary N) is 1. The highest BCUT2D eigenvalue weighted by atomic mass is 16.2. The average molecular weight is 333 g/mol. The number of anilines is 1. The SMILES string of the molecule is Cc1cccc(C)c1NC(=O)N1CCC(C#N)(c2ccccc2)CC1. The van der Waals surface area contributed by atoms with Gasteiger partial charge in [-0.15, -0.1) is 0 Å². The first-order valence-corrected chi connectivity index (χ1v) is 8.65. The van der Waals surface area contributed by atoms with Crippen LogP contribution in [0.5, 0.6) is 0 Å². The fourth-order valence-corrected chi connectivity index (χ4v) is 3.51. The highest BCUT2D eigenvalue weighted by Crippen LogP contribution is 2.35. The minimum atomic E-state index is -0.489. The van der Waals surface area contributed by atoms with Crippen LogP contribution in [0.4, 0.5) is 10.5 Å². The fourth-order valence-electron chi connectivity index (χ4n) is 3.51. The van der Waals surface area contributed by atoms with E-state index in [4.69, 9.17) is 0 Å². The molecular weight excluding hydrogens is 310 g/mol. The lowest BCUT2D eigenvalue weighted by molar-refractivity contribution is 0.183. The van der Waals surface area contributed by atoms with Gasteiger partial charge in [0.2, 0.25) is 0 Å². The number of urea groups is 1. The van der Waals surface area contributed by atoms with Gasteiger partial charge >= 0.3 is 6.03 Å². The van der Waals surface area contributed by atoms with Gasteiger partial charge in [-0.05, 0) is 43.4 Å². The number of hydrogen-bond acceptors (Lipinski definition) is 2. The van der Waals surface area contributed by atoms with Crippen LogP contribution in [-0.4, -0.2) is 24.0 Å². The monoisotopic (exact) mass is 333 g/mol. The molecule has 0 bridgehead atoms. The Kier molecular flexibility index (Phi) is 4.76. The van der Waals surface area contributed by atoms with Crippen LogP contribution in [-0.2, 0) is 5.41 Å². The molecule has 0 spiro atoms. The highest BCUT2D eigenvalue weighted by Gasteiger charge is 2.37. The maximum Gasteiger partial charge on any atom is 0.321 e. The van der Waals surface area contributed by atoms with E-state index in [1.54, 1.807) is 0 Å². The number of nitrogens with zero attached hydrogens (tertiary/aromatic N) is 2. The lowest BCUT2D eigenvalue weighted by Gasteiger charge is -2.37. The summed E-state index contributed by atoms with van der Waals surface area (Å²) in [6, 6.07) is 18.3. The number of likely N-dealkylation sites (tertiary alicyclic amines) is 1. The van der Waals surface area contributed by atoms with Crippen molar-refractivity contribution in [1.29, 1.82) is 5.26 Å². The number of rotatable bonds is 2. The number of hydrogen-bond donors (Lipinski definition) is 1. The third-order valence-electron chi connectivity index (χ3n) is 5.16. The number of amides is 2. The lowest BCUT2D eigenvalue weighted by Crippen LogP contribution is -2.46. The molecule has 2 aromatic carbocycles. The van der Waals surface area contributed by atoms with E-state index in [0.29, 0.717) is 25.9 Å². The summed E-state index contributed by atoms with van der Waals surface area (Å²) in [6.07, 6.45) is 1.32. The van der Waals surface area contributed by atoms with Gasteiger partial charge in [-0.25, -0.2) is 4.79 Å². The maximum absolute atomic E-state index is 12.6. The maximum atomic E-state index is 12.6. The van der Waals surface area contributed by atoms with Crippen molar-refractivity contribution in [3.8, 4) is 6.07 Å². The Morgan fingerprint density at radius 1 is 1.04 bits per heavy atom. The molecule has 3 rings (SSSR count). The number of nitriles is 1. The molecule has 0 radical (unpaired) electrons. The summed E-state index contributed by atoms with van der Waals surface area (Å²) in [4.78, 5) is 14.4. The van der Waals surface area contributed by atoms with Crippen molar-refractivity contribution in [2.24, 2.45) is 0 Å². The van der Waals surface area contributed by atoms with Gasteiger partial charge in [0, 0.05) is 18.8 Å². The van der Waals surface area contributed by atoms with Crippen LogP contribution in [0.3, 0.4) is 0 Å². The minimum Gasteiger partial charge on any atom is -0.324 e. The van der Waals surface area contributed by atoms with E-state index in [9.17, 15) is 10.1 Å². The van der Waals surface area contributed by atoms with Crippen LogP contribution in [0.15, 0.2) is 48.5 Å². The second kappa shape index (κ2) is 6.98. The quantitative estimate of drug-likeness (QED) is 0.886. The first-order chi connectivity index (χ1) is 12.1. The predicted molar refractivity (Wildman–Crippen MR) is 99.5 cm³/mol. The Labute approximate surface area is 149 Å². The number of aryl methyl sites for hydroxylation is 2. The summed E-state index contributed by atoms with van der Waals surface area (Å²) in [5, 5.41) is 12.8. The number of piperidine rings is 1. The summed E-state index contributed by atoms with van der Waals surface area (Å²) in [5.41, 5.74) is 3.55. The molecule has 25 heavy (non-hydrogen) atoms. The van der Waals surface area contributed by atoms with E-state index in [0.717, 1.165) is 22.4 Å². The normalized spacial score (nSPS) is 16.1. The molecule has 2 aromatic rings. The molecule has 1 fully saturated rings. The van der Waals surface area contributed by atoms with Crippen LogP contribution in [0.25, 0.3) is 0 Å². The zero-order valence-corrected chi connectivity index (χ0v) is 14.7. The van der Waals surface area contributed by atoms with Gasteiger partial charge in [-0.2, -0.15) is 5.26 Å². The highest BCUT2D eigenvalue weighted by molar-refractivity contribution is 5.91. The van der Waals surface area contributed by atoms with Crippen LogP contribution in [0, 0.1) is 25.2 Å². The van der Waals surface area contributed by atoms with Crippen molar-refractivity contribution in [2.75, 3.05) is 18.4 Å². The van der Waals surface area contributed by atoms with E-state index < -0.39 is 5.41 Å². The van der Waals surface area contributed by atoms with Crippen molar-refractivity contribution in [3.05, 3.63) is 65.2 Å². The van der Waals surface area contributed by atoms with E-state index in [1.807, 2.05) is 67.3 Å². The second-order valence-corrected chi connectivity index (χ2v) is 6.74. The van der Waals surface area contributed by atoms with Gasteiger partial charge in [0.15, 0.2) is 0 Å². The molecule has 0 saturated carbocycles. The van der Waals surface area contributed by atoms with Crippen molar-refractivity contribution in [1.82, 2.24) is 4.90 Å². The Morgan fingerprint density at radius 2 is 1.64 bits per heavy atom. The Hall–Kier alpha value is -2.80. The van der Waals surface area contributed by atoms with Crippen LogP contribution in [0.1, 0.15) is 29.5 Å². The predicted octanol–water partition coefficient (Wildman–Crippen LogP) is 4.39. The van der Waals surface area contributed by atoms with Crippen LogP contribution in [0.2, 0.25) is 0 Å². The second-order valence-electron chi connectivity index (χ2n) is 6.74. The van der Waals surface area contributed by atoms with Gasteiger partial charge < -0.3 is 10.2 Å². The van der Waals surface area contributed by atoms with E-state index in [1.165, 1.54) is 0 Å². The molecule has 1 heterocycles. The summed E-state index contributed by atoms with van der Waals surface area (Å²) < 4.78 is 0. The number of carbonyl (C=O) groups excluding carboxylic acids is 1. The largest absolute Gasteiger partial charge is 0.324 e. The third kappa shape index (κ3) is 3.36. The zero-order valence-electron chi connectivity index (χ0n) is 14.7. The van der Waals surface area contributed by atoms with E-state index in [2.05, 4.69) is 11.4 Å². The molecule has 0 atom stereocenters. The standard InChI is InChI=1S/C21H23N3O/c1-16-7-6-8-17(2)19(16)23-20(25)24-13-11-21(15-22,12-14-24)18-9-4-3-5-10-18/h3-10H,11-14H2,1-2H3,(H,23,25). The molecule has 1 N–H and O–H groups in total. The third-order valence-corrected chi connectivity index (χ3v) is 5.16. The summed E-state index contributed by atoms with van der Waals surface area (Å²) >= 11 is 0. The molecule has 128 valence electrons. The number of carbonyl (C=O) groups is 1. The van der Waals surface area contributed by atoms with Gasteiger partial charge in [-0.3, -0.25) is 0 Å². The van der Waals surface area contributed by atoms with Gasteiger partial charge in [-0.1, -0.05) is 48.5 Å². The molecule has 0 aromatic heterocycles. The summed E-state index contributed by atoms with van der Waals surface area (Å²) in [7, 11) is 0. The van der Waals surface area contributed by atoms with E-state index >= 15 is 0 Å². The first kappa shape index (κ1) is 17.0. The molecular formula is C21H23N3O. The molecule has 0 unspecified atom stereocenters. The molecule has 1 aliphatic rings. The number of benzene rings is 2. The van der Waals surface area contributed by atoms with Crippen molar-refractivity contribution in [2.45, 2.75) is 32.1 Å². The van der Waals surface area contributed by atoms with Crippen molar-refractivity contribution in [3.63, 3.8) is 0 Å². The molecule has 0 aliphatic carbocycles.